The fourth-order valence-electron chi connectivity index (χ4n) is 3.06. The molecule has 30 heavy (non-hydrogen) atoms. The van der Waals surface area contributed by atoms with Gasteiger partial charge in [0.2, 0.25) is 0 Å². The van der Waals surface area contributed by atoms with Crippen LogP contribution in [0.25, 0.3) is 22.0 Å². The molecule has 0 aliphatic heterocycles. The van der Waals surface area contributed by atoms with Gasteiger partial charge in [-0.05, 0) is 59.8 Å². The molecular formula is C21H18N6O2S. The Kier molecular flexibility index (Phi) is 5.46. The summed E-state index contributed by atoms with van der Waals surface area (Å²) in [5, 5.41) is 12.6. The normalized spacial score (nSPS) is 10.7. The second-order valence-corrected chi connectivity index (χ2v) is 7.14. The topological polar surface area (TPSA) is 126 Å². The molecule has 9 heteroatoms. The van der Waals surface area contributed by atoms with E-state index in [0.29, 0.717) is 28.1 Å². The molecule has 3 aromatic heterocycles. The van der Waals surface area contributed by atoms with E-state index in [-0.39, 0.29) is 11.5 Å². The molecule has 4 aromatic rings. The zero-order valence-electron chi connectivity index (χ0n) is 16.0. The molecule has 0 saturated heterocycles. The summed E-state index contributed by atoms with van der Waals surface area (Å²) in [5.74, 6) is 0.233. The van der Waals surface area contributed by atoms with Crippen LogP contribution in [0.4, 0.5) is 11.5 Å². The number of aromatic nitrogens is 3. The van der Waals surface area contributed by atoms with Gasteiger partial charge in [-0.2, -0.15) is 0 Å². The number of anilines is 2. The van der Waals surface area contributed by atoms with Gasteiger partial charge in [0, 0.05) is 47.3 Å². The number of carbonyl (C=O) groups excluding carboxylic acids is 1. The van der Waals surface area contributed by atoms with Gasteiger partial charge >= 0.3 is 0 Å². The molecule has 1 aromatic carbocycles. The first-order valence-corrected chi connectivity index (χ1v) is 9.91. The minimum Gasteiger partial charge on any atom is -0.355 e. The van der Waals surface area contributed by atoms with Crippen LogP contribution in [0.2, 0.25) is 0 Å². The van der Waals surface area contributed by atoms with Crippen molar-refractivity contribution in [2.75, 3.05) is 12.4 Å². The SMILES string of the molecule is CNC(=O)c1ccc(Nc2nc(-c3cncc(SN)c3)cc3cc[nH]c(=O)c23)cc1. The highest BCUT2D eigenvalue weighted by molar-refractivity contribution is 7.97. The van der Waals surface area contributed by atoms with E-state index in [1.54, 1.807) is 49.9 Å². The molecule has 3 heterocycles. The molecular weight excluding hydrogens is 400 g/mol. The number of benzene rings is 1. The van der Waals surface area contributed by atoms with Gasteiger partial charge in [0.05, 0.1) is 11.1 Å². The lowest BCUT2D eigenvalue weighted by atomic mass is 10.1. The number of amides is 1. The Hall–Kier alpha value is -3.69. The number of pyridine rings is 3. The van der Waals surface area contributed by atoms with Gasteiger partial charge in [-0.15, -0.1) is 0 Å². The molecule has 0 radical (unpaired) electrons. The molecule has 0 atom stereocenters. The van der Waals surface area contributed by atoms with Crippen molar-refractivity contribution in [3.05, 3.63) is 77.0 Å². The van der Waals surface area contributed by atoms with Gasteiger partial charge in [0.1, 0.15) is 5.82 Å². The van der Waals surface area contributed by atoms with Gasteiger partial charge in [-0.3, -0.25) is 19.7 Å². The van der Waals surface area contributed by atoms with E-state index in [1.807, 2.05) is 18.2 Å². The standard InChI is InChI=1S/C21H18N6O2S/c1-23-20(28)12-2-4-15(5-3-12)26-19-18-13(6-7-25-21(18)29)9-17(27-19)14-8-16(30-22)11-24-10-14/h2-11H,22H2,1H3,(H,23,28)(H,25,29)(H,26,27). The largest absolute Gasteiger partial charge is 0.355 e. The lowest BCUT2D eigenvalue weighted by Gasteiger charge is -2.12. The Morgan fingerprint density at radius 2 is 1.93 bits per heavy atom. The zero-order valence-corrected chi connectivity index (χ0v) is 16.8. The van der Waals surface area contributed by atoms with Crippen LogP contribution >= 0.6 is 11.9 Å². The quantitative estimate of drug-likeness (QED) is 0.367. The van der Waals surface area contributed by atoms with Crippen molar-refractivity contribution in [3.63, 3.8) is 0 Å². The summed E-state index contributed by atoms with van der Waals surface area (Å²) in [7, 11) is 1.58. The number of nitrogens with one attached hydrogen (secondary N) is 3. The van der Waals surface area contributed by atoms with Crippen molar-refractivity contribution < 1.29 is 4.79 Å². The summed E-state index contributed by atoms with van der Waals surface area (Å²) in [6, 6.07) is 12.5. The molecule has 0 bridgehead atoms. The summed E-state index contributed by atoms with van der Waals surface area (Å²) in [6.45, 7) is 0. The second kappa shape index (κ2) is 8.36. The van der Waals surface area contributed by atoms with Crippen LogP contribution in [0.3, 0.4) is 0 Å². The van der Waals surface area contributed by atoms with E-state index < -0.39 is 0 Å². The van der Waals surface area contributed by atoms with E-state index in [9.17, 15) is 9.59 Å². The summed E-state index contributed by atoms with van der Waals surface area (Å²) in [5.41, 5.74) is 2.42. The van der Waals surface area contributed by atoms with Crippen molar-refractivity contribution in [1.82, 2.24) is 20.3 Å². The molecule has 5 N–H and O–H groups in total. The highest BCUT2D eigenvalue weighted by Gasteiger charge is 2.12. The average Bonchev–Trinajstić information content (AvgIpc) is 2.79. The fourth-order valence-corrected chi connectivity index (χ4v) is 3.38. The highest BCUT2D eigenvalue weighted by atomic mass is 32.2. The van der Waals surface area contributed by atoms with Gasteiger partial charge < -0.3 is 15.6 Å². The maximum Gasteiger partial charge on any atom is 0.259 e. The molecule has 0 aliphatic carbocycles. The maximum absolute atomic E-state index is 12.5. The number of nitrogens with zero attached hydrogens (tertiary/aromatic N) is 2. The molecule has 0 aliphatic rings. The third-order valence-corrected chi connectivity index (χ3v) is 5.03. The Balaban J connectivity index is 1.81. The molecule has 4 rings (SSSR count). The number of fused-ring (bicyclic) bond motifs is 1. The second-order valence-electron chi connectivity index (χ2n) is 6.44. The van der Waals surface area contributed by atoms with Crippen molar-refractivity contribution in [2.45, 2.75) is 4.90 Å². The molecule has 8 nitrogen and oxygen atoms in total. The average molecular weight is 418 g/mol. The minimum atomic E-state index is -0.250. The number of hydrogen-bond donors (Lipinski definition) is 4. The first kappa shape index (κ1) is 19.6. The number of H-pyrrole nitrogens is 1. The van der Waals surface area contributed by atoms with E-state index in [2.05, 4.69) is 25.6 Å². The predicted octanol–water partition coefficient (Wildman–Crippen LogP) is 3.05. The Morgan fingerprint density at radius 3 is 2.67 bits per heavy atom. The van der Waals surface area contributed by atoms with Crippen LogP contribution < -0.4 is 21.3 Å². The van der Waals surface area contributed by atoms with Crippen molar-refractivity contribution in [2.24, 2.45) is 5.14 Å². The van der Waals surface area contributed by atoms with Crippen LogP contribution in [-0.4, -0.2) is 27.9 Å². The lowest BCUT2D eigenvalue weighted by molar-refractivity contribution is 0.0963. The van der Waals surface area contributed by atoms with Crippen LogP contribution in [0, 0.1) is 0 Å². The van der Waals surface area contributed by atoms with E-state index in [0.717, 1.165) is 27.8 Å². The number of rotatable bonds is 5. The Labute approximate surface area is 176 Å². The van der Waals surface area contributed by atoms with E-state index in [1.165, 1.54) is 0 Å². The summed E-state index contributed by atoms with van der Waals surface area (Å²) in [6.07, 6.45) is 4.97. The van der Waals surface area contributed by atoms with Gasteiger partial charge in [-0.1, -0.05) is 0 Å². The number of aromatic amines is 1. The van der Waals surface area contributed by atoms with Crippen molar-refractivity contribution in [1.29, 1.82) is 0 Å². The van der Waals surface area contributed by atoms with Crippen molar-refractivity contribution >= 4 is 40.1 Å². The molecule has 0 spiro atoms. The van der Waals surface area contributed by atoms with Crippen LogP contribution in [-0.2, 0) is 0 Å². The fraction of sp³-hybridized carbons (Fsp3) is 0.0476. The number of carbonyl (C=O) groups is 1. The summed E-state index contributed by atoms with van der Waals surface area (Å²) >= 11 is 1.10. The first-order valence-electron chi connectivity index (χ1n) is 9.03. The Bertz CT molecular complexity index is 1290. The van der Waals surface area contributed by atoms with Crippen LogP contribution in [0.1, 0.15) is 10.4 Å². The van der Waals surface area contributed by atoms with Crippen LogP contribution in [0.5, 0.6) is 0 Å². The number of nitrogens with two attached hydrogens (primary N) is 1. The number of hydrogen-bond acceptors (Lipinski definition) is 7. The minimum absolute atomic E-state index is 0.172. The summed E-state index contributed by atoms with van der Waals surface area (Å²) in [4.78, 5) is 36.6. The molecule has 0 fully saturated rings. The van der Waals surface area contributed by atoms with E-state index >= 15 is 0 Å². The highest BCUT2D eigenvalue weighted by Crippen LogP contribution is 2.28. The zero-order chi connectivity index (χ0) is 21.1. The Morgan fingerprint density at radius 1 is 1.13 bits per heavy atom. The maximum atomic E-state index is 12.5. The van der Waals surface area contributed by atoms with Crippen molar-refractivity contribution in [3.8, 4) is 11.3 Å². The lowest BCUT2D eigenvalue weighted by Crippen LogP contribution is -2.17. The third-order valence-electron chi connectivity index (χ3n) is 4.54. The molecule has 150 valence electrons. The molecule has 0 unspecified atom stereocenters. The smallest absolute Gasteiger partial charge is 0.259 e. The third kappa shape index (κ3) is 3.88. The molecule has 1 amide bonds. The summed E-state index contributed by atoms with van der Waals surface area (Å²) < 4.78 is 0. The first-order chi connectivity index (χ1) is 14.6. The van der Waals surface area contributed by atoms with Gasteiger partial charge in [0.25, 0.3) is 11.5 Å². The van der Waals surface area contributed by atoms with Gasteiger partial charge in [-0.25, -0.2) is 4.98 Å². The van der Waals surface area contributed by atoms with Gasteiger partial charge in [0.15, 0.2) is 0 Å². The van der Waals surface area contributed by atoms with Crippen LogP contribution in [0.15, 0.2) is 70.7 Å². The molecule has 0 saturated carbocycles. The van der Waals surface area contributed by atoms with E-state index in [4.69, 9.17) is 5.14 Å². The predicted molar refractivity (Wildman–Crippen MR) is 119 cm³/mol. The monoisotopic (exact) mass is 418 g/mol.